The molecule has 94 valence electrons. The van der Waals surface area contributed by atoms with Crippen LogP contribution in [0.2, 0.25) is 0 Å². The van der Waals surface area contributed by atoms with Crippen molar-refractivity contribution in [3.8, 4) is 0 Å². The van der Waals surface area contributed by atoms with Gasteiger partial charge in [0.1, 0.15) is 0 Å². The predicted octanol–water partition coefficient (Wildman–Crippen LogP) is 2.98. The van der Waals surface area contributed by atoms with E-state index in [1.807, 2.05) is 38.1 Å². The Morgan fingerprint density at radius 2 is 2.24 bits per heavy atom. The second kappa shape index (κ2) is 7.07. The van der Waals surface area contributed by atoms with Crippen LogP contribution in [0.3, 0.4) is 0 Å². The average molecular weight is 236 g/mol. The van der Waals surface area contributed by atoms with E-state index in [4.69, 9.17) is 4.74 Å². The number of carboxylic acids is 1. The smallest absolute Gasteiger partial charge is 0.310 e. The van der Waals surface area contributed by atoms with Crippen LogP contribution in [0.1, 0.15) is 36.8 Å². The van der Waals surface area contributed by atoms with Gasteiger partial charge in [0.05, 0.1) is 5.92 Å². The lowest BCUT2D eigenvalue weighted by Gasteiger charge is -2.13. The lowest BCUT2D eigenvalue weighted by Crippen LogP contribution is -2.12. The van der Waals surface area contributed by atoms with Crippen molar-refractivity contribution < 1.29 is 14.6 Å². The van der Waals surface area contributed by atoms with Crippen molar-refractivity contribution in [1.29, 1.82) is 0 Å². The lowest BCUT2D eigenvalue weighted by molar-refractivity contribution is -0.139. The molecule has 3 heteroatoms. The van der Waals surface area contributed by atoms with Crippen molar-refractivity contribution >= 4 is 5.97 Å². The summed E-state index contributed by atoms with van der Waals surface area (Å²) in [4.78, 5) is 11.2. The minimum Gasteiger partial charge on any atom is -0.481 e. The number of carbonyl (C=O) groups is 1. The van der Waals surface area contributed by atoms with Crippen LogP contribution in [-0.4, -0.2) is 24.3 Å². The summed E-state index contributed by atoms with van der Waals surface area (Å²) >= 11 is 0. The van der Waals surface area contributed by atoms with E-state index in [1.54, 1.807) is 0 Å². The molecule has 0 heterocycles. The predicted molar refractivity (Wildman–Crippen MR) is 67.3 cm³/mol. The molecular formula is C14H20O3. The van der Waals surface area contributed by atoms with E-state index in [-0.39, 0.29) is 0 Å². The summed E-state index contributed by atoms with van der Waals surface area (Å²) in [5.41, 5.74) is 1.98. The molecule has 0 saturated heterocycles. The van der Waals surface area contributed by atoms with E-state index in [9.17, 15) is 9.90 Å². The maximum Gasteiger partial charge on any atom is 0.310 e. The van der Waals surface area contributed by atoms with E-state index in [1.165, 1.54) is 0 Å². The first kappa shape index (κ1) is 13.7. The molecule has 0 amide bonds. The molecule has 1 atom stereocenters. The number of aliphatic carboxylic acids is 1. The maximum atomic E-state index is 11.2. The zero-order valence-electron chi connectivity index (χ0n) is 10.5. The summed E-state index contributed by atoms with van der Waals surface area (Å²) in [6.07, 6.45) is 1.40. The maximum absolute atomic E-state index is 11.2. The van der Waals surface area contributed by atoms with Gasteiger partial charge in [0.2, 0.25) is 0 Å². The topological polar surface area (TPSA) is 46.5 Å². The molecule has 0 fully saturated rings. The Morgan fingerprint density at radius 1 is 1.47 bits per heavy atom. The van der Waals surface area contributed by atoms with Gasteiger partial charge in [-0.3, -0.25) is 4.79 Å². The first-order chi connectivity index (χ1) is 8.15. The molecule has 0 spiro atoms. The fraction of sp³-hybridized carbons (Fsp3) is 0.500. The molecule has 0 bridgehead atoms. The summed E-state index contributed by atoms with van der Waals surface area (Å²) in [5, 5.41) is 9.23. The molecule has 3 nitrogen and oxygen atoms in total. The minimum atomic E-state index is -0.757. The van der Waals surface area contributed by atoms with Crippen LogP contribution in [0, 0.1) is 6.92 Å². The van der Waals surface area contributed by atoms with Crippen LogP contribution in [0.4, 0.5) is 0 Å². The molecule has 0 radical (unpaired) electrons. The molecule has 1 unspecified atom stereocenters. The van der Waals surface area contributed by atoms with Crippen molar-refractivity contribution in [2.24, 2.45) is 0 Å². The Hall–Kier alpha value is -1.35. The number of carboxylic acid groups (broad SMARTS) is 1. The highest BCUT2D eigenvalue weighted by molar-refractivity contribution is 5.76. The van der Waals surface area contributed by atoms with Crippen molar-refractivity contribution in [1.82, 2.24) is 0 Å². The molecule has 0 aliphatic heterocycles. The number of benzene rings is 1. The highest BCUT2D eigenvalue weighted by Crippen LogP contribution is 2.22. The number of rotatable bonds is 7. The van der Waals surface area contributed by atoms with Gasteiger partial charge in [-0.1, -0.05) is 29.8 Å². The van der Waals surface area contributed by atoms with E-state index in [0.29, 0.717) is 19.6 Å². The number of hydrogen-bond donors (Lipinski definition) is 1. The third kappa shape index (κ3) is 4.57. The van der Waals surface area contributed by atoms with Crippen LogP contribution in [-0.2, 0) is 9.53 Å². The summed E-state index contributed by atoms with van der Waals surface area (Å²) < 4.78 is 5.23. The summed E-state index contributed by atoms with van der Waals surface area (Å²) in [7, 11) is 0. The largest absolute Gasteiger partial charge is 0.481 e. The summed E-state index contributed by atoms with van der Waals surface area (Å²) in [6.45, 7) is 5.23. The third-order valence-electron chi connectivity index (χ3n) is 2.73. The highest BCUT2D eigenvalue weighted by Gasteiger charge is 2.19. The van der Waals surface area contributed by atoms with Crippen LogP contribution >= 0.6 is 0 Å². The Morgan fingerprint density at radius 3 is 2.82 bits per heavy atom. The van der Waals surface area contributed by atoms with Crippen LogP contribution in [0.25, 0.3) is 0 Å². The van der Waals surface area contributed by atoms with E-state index in [0.717, 1.165) is 17.5 Å². The van der Waals surface area contributed by atoms with Crippen LogP contribution < -0.4 is 0 Å². The van der Waals surface area contributed by atoms with Gasteiger partial charge >= 0.3 is 5.97 Å². The molecule has 0 aromatic heterocycles. The number of hydrogen-bond acceptors (Lipinski definition) is 2. The zero-order chi connectivity index (χ0) is 12.7. The average Bonchev–Trinajstić information content (AvgIpc) is 2.28. The minimum absolute atomic E-state index is 0.421. The molecule has 1 N–H and O–H groups in total. The first-order valence-electron chi connectivity index (χ1n) is 6.02. The normalized spacial score (nSPS) is 12.4. The van der Waals surface area contributed by atoms with Gasteiger partial charge in [-0.25, -0.2) is 0 Å². The van der Waals surface area contributed by atoms with E-state index >= 15 is 0 Å². The van der Waals surface area contributed by atoms with Gasteiger partial charge in [-0.15, -0.1) is 0 Å². The molecule has 1 aromatic rings. The first-order valence-corrected chi connectivity index (χ1v) is 6.02. The second-order valence-electron chi connectivity index (χ2n) is 4.14. The molecule has 0 aliphatic rings. The standard InChI is InChI=1S/C14H20O3/c1-3-17-9-5-8-13(14(15)16)12-7-4-6-11(2)10-12/h4,6-7,10,13H,3,5,8-9H2,1-2H3,(H,15,16). The fourth-order valence-electron chi connectivity index (χ4n) is 1.85. The Labute approximate surface area is 102 Å². The molecule has 17 heavy (non-hydrogen) atoms. The van der Waals surface area contributed by atoms with Crippen molar-refractivity contribution in [2.75, 3.05) is 13.2 Å². The van der Waals surface area contributed by atoms with Crippen LogP contribution in [0.15, 0.2) is 24.3 Å². The lowest BCUT2D eigenvalue weighted by atomic mass is 9.93. The number of ether oxygens (including phenoxy) is 1. The van der Waals surface area contributed by atoms with Crippen molar-refractivity contribution in [3.05, 3.63) is 35.4 Å². The Balaban J connectivity index is 2.63. The highest BCUT2D eigenvalue weighted by atomic mass is 16.5. The molecular weight excluding hydrogens is 216 g/mol. The van der Waals surface area contributed by atoms with Gasteiger partial charge in [-0.05, 0) is 32.3 Å². The molecule has 0 saturated carbocycles. The number of aryl methyl sites for hydroxylation is 1. The SMILES string of the molecule is CCOCCCC(C(=O)O)c1cccc(C)c1. The molecule has 1 aromatic carbocycles. The zero-order valence-corrected chi connectivity index (χ0v) is 10.5. The summed E-state index contributed by atoms with van der Waals surface area (Å²) in [6, 6.07) is 7.71. The van der Waals surface area contributed by atoms with Crippen LogP contribution in [0.5, 0.6) is 0 Å². The third-order valence-corrected chi connectivity index (χ3v) is 2.73. The van der Waals surface area contributed by atoms with E-state index < -0.39 is 11.9 Å². The fourth-order valence-corrected chi connectivity index (χ4v) is 1.85. The van der Waals surface area contributed by atoms with Crippen molar-refractivity contribution in [2.45, 2.75) is 32.6 Å². The molecule has 1 rings (SSSR count). The van der Waals surface area contributed by atoms with Gasteiger partial charge in [0.25, 0.3) is 0 Å². The monoisotopic (exact) mass is 236 g/mol. The quantitative estimate of drug-likeness (QED) is 0.740. The van der Waals surface area contributed by atoms with Gasteiger partial charge in [-0.2, -0.15) is 0 Å². The second-order valence-corrected chi connectivity index (χ2v) is 4.14. The molecule has 0 aliphatic carbocycles. The van der Waals surface area contributed by atoms with E-state index in [2.05, 4.69) is 0 Å². The van der Waals surface area contributed by atoms with Crippen molar-refractivity contribution in [3.63, 3.8) is 0 Å². The summed E-state index contributed by atoms with van der Waals surface area (Å²) in [5.74, 6) is -1.18. The van der Waals surface area contributed by atoms with Gasteiger partial charge in [0.15, 0.2) is 0 Å². The Bertz CT molecular complexity index is 360. The Kier molecular flexibility index (Phi) is 5.70. The van der Waals surface area contributed by atoms with Gasteiger partial charge in [0, 0.05) is 13.2 Å². The van der Waals surface area contributed by atoms with Gasteiger partial charge < -0.3 is 9.84 Å².